The van der Waals surface area contributed by atoms with E-state index in [0.717, 1.165) is 0 Å². The summed E-state index contributed by atoms with van der Waals surface area (Å²) in [7, 11) is 0. The van der Waals surface area contributed by atoms with Crippen molar-refractivity contribution in [2.75, 3.05) is 6.61 Å². The molecule has 1 aromatic carbocycles. The molecule has 0 amide bonds. The number of nitrogens with zero attached hydrogens (tertiary/aromatic N) is 2. The summed E-state index contributed by atoms with van der Waals surface area (Å²) in [5.41, 5.74) is 1.51. The zero-order valence-corrected chi connectivity index (χ0v) is 12.0. The molecule has 0 spiro atoms. The lowest BCUT2D eigenvalue weighted by Crippen LogP contribution is -2.16. The highest BCUT2D eigenvalue weighted by Gasteiger charge is 2.31. The van der Waals surface area contributed by atoms with Gasteiger partial charge in [0.1, 0.15) is 17.2 Å². The number of aromatic nitrogens is 3. The van der Waals surface area contributed by atoms with Crippen LogP contribution in [0.2, 0.25) is 0 Å². The molecule has 0 aliphatic heterocycles. The van der Waals surface area contributed by atoms with E-state index in [9.17, 15) is 13.2 Å². The van der Waals surface area contributed by atoms with E-state index in [1.807, 2.05) is 6.92 Å². The second-order valence-corrected chi connectivity index (χ2v) is 4.62. The van der Waals surface area contributed by atoms with Crippen LogP contribution in [0, 0.1) is 0 Å². The molecule has 0 saturated heterocycles. The minimum Gasteiger partial charge on any atom is -0.492 e. The van der Waals surface area contributed by atoms with Gasteiger partial charge in [0.05, 0.1) is 23.8 Å². The Bertz CT molecular complexity index is 813. The van der Waals surface area contributed by atoms with Crippen molar-refractivity contribution in [3.8, 4) is 23.0 Å². The highest BCUT2D eigenvalue weighted by atomic mass is 19.4. The third-order valence-corrected chi connectivity index (χ3v) is 2.98. The fourth-order valence-corrected chi connectivity index (χ4v) is 2.08. The number of hydrogen-bond acceptors (Lipinski definition) is 4. The molecule has 0 aliphatic carbocycles. The molecule has 3 aromatic rings. The van der Waals surface area contributed by atoms with Gasteiger partial charge in [-0.15, -0.1) is 13.2 Å². The third kappa shape index (κ3) is 3.53. The number of halogens is 3. The Labute approximate surface area is 129 Å². The van der Waals surface area contributed by atoms with Crippen LogP contribution in [0.25, 0.3) is 22.6 Å². The highest BCUT2D eigenvalue weighted by molar-refractivity contribution is 5.80. The van der Waals surface area contributed by atoms with Crippen molar-refractivity contribution in [2.24, 2.45) is 0 Å². The van der Waals surface area contributed by atoms with E-state index in [4.69, 9.17) is 4.74 Å². The Morgan fingerprint density at radius 2 is 1.91 bits per heavy atom. The van der Waals surface area contributed by atoms with Crippen molar-refractivity contribution >= 4 is 11.0 Å². The maximum Gasteiger partial charge on any atom is 0.573 e. The lowest BCUT2D eigenvalue weighted by molar-refractivity contribution is -0.274. The van der Waals surface area contributed by atoms with Gasteiger partial charge in [0, 0.05) is 6.07 Å². The number of imidazole rings is 1. The number of nitrogens with one attached hydrogen (secondary N) is 1. The van der Waals surface area contributed by atoms with Crippen molar-refractivity contribution in [1.82, 2.24) is 15.0 Å². The number of aromatic amines is 1. The number of H-pyrrole nitrogens is 1. The second kappa shape index (κ2) is 5.79. The van der Waals surface area contributed by atoms with E-state index in [1.54, 1.807) is 18.3 Å². The first kappa shape index (κ1) is 15.1. The van der Waals surface area contributed by atoms with Gasteiger partial charge in [0.15, 0.2) is 5.82 Å². The van der Waals surface area contributed by atoms with Gasteiger partial charge in [-0.3, -0.25) is 0 Å². The van der Waals surface area contributed by atoms with Crippen molar-refractivity contribution in [2.45, 2.75) is 13.3 Å². The summed E-state index contributed by atoms with van der Waals surface area (Å²) in [6, 6.07) is 7.37. The summed E-state index contributed by atoms with van der Waals surface area (Å²) in [5, 5.41) is 0. The average Bonchev–Trinajstić information content (AvgIpc) is 2.90. The number of fused-ring (bicyclic) bond motifs is 1. The monoisotopic (exact) mass is 323 g/mol. The first-order valence-electron chi connectivity index (χ1n) is 6.79. The predicted molar refractivity (Wildman–Crippen MR) is 77.2 cm³/mol. The van der Waals surface area contributed by atoms with E-state index in [0.29, 0.717) is 34.9 Å². The molecule has 5 nitrogen and oxygen atoms in total. The lowest BCUT2D eigenvalue weighted by Gasteiger charge is -2.07. The average molecular weight is 323 g/mol. The summed E-state index contributed by atoms with van der Waals surface area (Å²) in [6.45, 7) is 2.40. The van der Waals surface area contributed by atoms with Crippen LogP contribution in [0.4, 0.5) is 13.2 Å². The van der Waals surface area contributed by atoms with Gasteiger partial charge in [0.25, 0.3) is 0 Å². The van der Waals surface area contributed by atoms with Gasteiger partial charge in [-0.25, -0.2) is 9.97 Å². The van der Waals surface area contributed by atoms with Crippen LogP contribution in [0.5, 0.6) is 11.5 Å². The van der Waals surface area contributed by atoms with Gasteiger partial charge in [-0.05, 0) is 31.2 Å². The summed E-state index contributed by atoms with van der Waals surface area (Å²) in [6.07, 6.45) is -3.17. The smallest absolute Gasteiger partial charge is 0.492 e. The number of pyridine rings is 1. The van der Waals surface area contributed by atoms with Crippen molar-refractivity contribution in [3.63, 3.8) is 0 Å². The Morgan fingerprint density at radius 1 is 1.13 bits per heavy atom. The van der Waals surface area contributed by atoms with Gasteiger partial charge in [-0.2, -0.15) is 0 Å². The lowest BCUT2D eigenvalue weighted by atomic mass is 10.3. The summed E-state index contributed by atoms with van der Waals surface area (Å²) < 4.78 is 45.9. The van der Waals surface area contributed by atoms with E-state index in [1.165, 1.54) is 18.2 Å². The largest absolute Gasteiger partial charge is 0.573 e. The van der Waals surface area contributed by atoms with E-state index < -0.39 is 6.36 Å². The van der Waals surface area contributed by atoms with Gasteiger partial charge >= 0.3 is 6.36 Å². The van der Waals surface area contributed by atoms with Crippen molar-refractivity contribution in [3.05, 3.63) is 36.5 Å². The van der Waals surface area contributed by atoms with Crippen molar-refractivity contribution in [1.29, 1.82) is 0 Å². The summed E-state index contributed by atoms with van der Waals surface area (Å²) in [5.74, 6) is 0.778. The Balaban J connectivity index is 1.90. The zero-order valence-electron chi connectivity index (χ0n) is 12.0. The number of benzene rings is 1. The highest BCUT2D eigenvalue weighted by Crippen LogP contribution is 2.27. The second-order valence-electron chi connectivity index (χ2n) is 4.62. The quantitative estimate of drug-likeness (QED) is 0.790. The van der Waals surface area contributed by atoms with Crippen LogP contribution in [0.3, 0.4) is 0 Å². The molecule has 0 fully saturated rings. The zero-order chi connectivity index (χ0) is 16.4. The minimum absolute atomic E-state index is 0.306. The fraction of sp³-hybridized carbons (Fsp3) is 0.200. The molecule has 0 unspecified atom stereocenters. The van der Waals surface area contributed by atoms with Crippen LogP contribution in [-0.4, -0.2) is 27.9 Å². The number of hydrogen-bond donors (Lipinski definition) is 1. The van der Waals surface area contributed by atoms with Crippen LogP contribution in [0.1, 0.15) is 6.92 Å². The molecular weight excluding hydrogens is 311 g/mol. The molecule has 2 aromatic heterocycles. The summed E-state index contributed by atoms with van der Waals surface area (Å²) >= 11 is 0. The van der Waals surface area contributed by atoms with Crippen LogP contribution in [-0.2, 0) is 0 Å². The molecule has 1 N–H and O–H groups in total. The van der Waals surface area contributed by atoms with Crippen molar-refractivity contribution < 1.29 is 22.6 Å². The Morgan fingerprint density at radius 3 is 2.57 bits per heavy atom. The van der Waals surface area contributed by atoms with Crippen LogP contribution < -0.4 is 9.47 Å². The van der Waals surface area contributed by atoms with Gasteiger partial charge < -0.3 is 14.5 Å². The SMILES string of the molecule is CCOc1ccc(-c2nc3ccc(OC(F)(F)F)cc3[nH]2)nc1. The maximum absolute atomic E-state index is 12.2. The number of alkyl halides is 3. The van der Waals surface area contributed by atoms with Crippen LogP contribution >= 0.6 is 0 Å². The summed E-state index contributed by atoms with van der Waals surface area (Å²) in [4.78, 5) is 11.4. The fourth-order valence-electron chi connectivity index (χ4n) is 2.08. The molecular formula is C15H12F3N3O2. The molecule has 0 atom stereocenters. The third-order valence-electron chi connectivity index (χ3n) is 2.98. The first-order valence-corrected chi connectivity index (χ1v) is 6.79. The molecule has 23 heavy (non-hydrogen) atoms. The molecule has 120 valence electrons. The maximum atomic E-state index is 12.2. The standard InChI is InChI=1S/C15H12F3N3O2/c1-2-22-10-4-6-12(19-8-10)14-20-11-5-3-9(7-13(11)21-14)23-15(16,17)18/h3-8H,2H2,1H3,(H,20,21). The molecule has 2 heterocycles. The first-order chi connectivity index (χ1) is 10.9. The molecule has 0 radical (unpaired) electrons. The van der Waals surface area contributed by atoms with Gasteiger partial charge in [0.2, 0.25) is 0 Å². The molecule has 0 aliphatic rings. The molecule has 8 heteroatoms. The van der Waals surface area contributed by atoms with E-state index in [-0.39, 0.29) is 5.75 Å². The molecule has 3 rings (SSSR count). The number of ether oxygens (including phenoxy) is 2. The van der Waals surface area contributed by atoms with Crippen LogP contribution in [0.15, 0.2) is 36.5 Å². The molecule has 0 bridgehead atoms. The predicted octanol–water partition coefficient (Wildman–Crippen LogP) is 3.92. The normalized spacial score (nSPS) is 11.7. The number of rotatable bonds is 4. The van der Waals surface area contributed by atoms with Gasteiger partial charge in [-0.1, -0.05) is 0 Å². The minimum atomic E-state index is -4.73. The molecule has 0 saturated carbocycles. The topological polar surface area (TPSA) is 60.0 Å². The van der Waals surface area contributed by atoms with E-state index in [2.05, 4.69) is 19.7 Å². The Kier molecular flexibility index (Phi) is 3.81. The Hall–Kier alpha value is -2.77. The van der Waals surface area contributed by atoms with E-state index >= 15 is 0 Å².